The number of isocyanates is 1. The van der Waals surface area contributed by atoms with Crippen molar-refractivity contribution in [3.8, 4) is 0 Å². The number of nitrogens with zero attached hydrogens (tertiary/aromatic N) is 1. The summed E-state index contributed by atoms with van der Waals surface area (Å²) in [5, 5.41) is 0. The van der Waals surface area contributed by atoms with Gasteiger partial charge in [-0.2, -0.15) is 4.99 Å². The van der Waals surface area contributed by atoms with E-state index in [4.69, 9.17) is 0 Å². The van der Waals surface area contributed by atoms with Crippen molar-refractivity contribution in [3.05, 3.63) is 6.29 Å². The highest BCUT2D eigenvalue weighted by molar-refractivity contribution is 7.66. The van der Waals surface area contributed by atoms with Crippen LogP contribution in [-0.2, 0) is 9.36 Å². The minimum absolute atomic E-state index is 0.479. The quantitative estimate of drug-likeness (QED) is 0.215. The average Bonchev–Trinajstić information content (AvgIpc) is 2.53. The second-order valence-electron chi connectivity index (χ2n) is 6.49. The monoisotopic (exact) mass is 328 g/mol. The van der Waals surface area contributed by atoms with Gasteiger partial charge in [-0.15, -0.1) is 0 Å². The molecule has 0 fully saturated rings. The highest BCUT2D eigenvalue weighted by atomic mass is 31.2. The Labute approximate surface area is 137 Å². The van der Waals surface area contributed by atoms with Gasteiger partial charge in [0.1, 0.15) is 13.4 Å². The average molecular weight is 328 g/mol. The molecule has 2 atom stereocenters. The van der Waals surface area contributed by atoms with E-state index < -0.39 is 7.14 Å². The molecule has 0 N–H and O–H groups in total. The molecule has 0 rings (SSSR count). The number of hydrogen-bond acceptors (Lipinski definition) is 3. The van der Waals surface area contributed by atoms with Crippen LogP contribution in [0.25, 0.3) is 0 Å². The summed E-state index contributed by atoms with van der Waals surface area (Å²) in [5.41, 5.74) is 0. The van der Waals surface area contributed by atoms with Crippen LogP contribution in [0.3, 0.4) is 0 Å². The molecule has 0 bridgehead atoms. The molecule has 0 spiro atoms. The lowest BCUT2D eigenvalue weighted by molar-refractivity contribution is 0.464. The van der Waals surface area contributed by atoms with Crippen molar-refractivity contribution in [2.45, 2.75) is 79.1 Å². The third-order valence-electron chi connectivity index (χ3n) is 4.54. The van der Waals surface area contributed by atoms with Crippen molar-refractivity contribution in [1.82, 2.24) is 0 Å². The number of aliphatic imine (C=N–C) groups is 1. The van der Waals surface area contributed by atoms with Gasteiger partial charge in [0.05, 0.1) is 0 Å². The molecule has 0 amide bonds. The molecule has 4 heteroatoms. The predicted molar refractivity (Wildman–Crippen MR) is 96.4 cm³/mol. The van der Waals surface area contributed by atoms with E-state index in [2.05, 4.69) is 32.7 Å². The summed E-state index contributed by atoms with van der Waals surface area (Å²) in [5.74, 6) is 0.958. The van der Waals surface area contributed by atoms with Gasteiger partial charge in [0.2, 0.25) is 6.08 Å². The Hall–Kier alpha value is -0.390. The van der Waals surface area contributed by atoms with Gasteiger partial charge in [0.25, 0.3) is 0 Å². The molecular formula is C18H35NO2P. The van der Waals surface area contributed by atoms with Gasteiger partial charge < -0.3 is 4.57 Å². The molecule has 2 unspecified atom stereocenters. The molecule has 0 aromatic carbocycles. The van der Waals surface area contributed by atoms with Crippen LogP contribution in [0.1, 0.15) is 79.1 Å². The Kier molecular flexibility index (Phi) is 12.9. The predicted octanol–water partition coefficient (Wildman–Crippen LogP) is 6.24. The second-order valence-corrected chi connectivity index (χ2v) is 9.35. The topological polar surface area (TPSA) is 46.5 Å². The fraction of sp³-hybridized carbons (Fsp3) is 0.889. The molecule has 0 aromatic heterocycles. The van der Waals surface area contributed by atoms with Crippen molar-refractivity contribution in [2.75, 3.05) is 12.3 Å². The van der Waals surface area contributed by atoms with Crippen LogP contribution >= 0.6 is 7.14 Å². The Bertz CT molecular complexity index is 342. The molecule has 1 radical (unpaired) electrons. The minimum atomic E-state index is -2.52. The molecule has 129 valence electrons. The van der Waals surface area contributed by atoms with E-state index in [0.29, 0.717) is 24.2 Å². The Morgan fingerprint density at radius 3 is 1.73 bits per heavy atom. The van der Waals surface area contributed by atoms with E-state index in [1.165, 1.54) is 38.0 Å². The molecule has 0 saturated heterocycles. The zero-order chi connectivity index (χ0) is 16.8. The number of unbranched alkanes of at least 4 members (excludes halogenated alkanes) is 2. The third-order valence-corrected chi connectivity index (χ3v) is 7.35. The summed E-state index contributed by atoms with van der Waals surface area (Å²) < 4.78 is 13.3. The van der Waals surface area contributed by atoms with Gasteiger partial charge in [-0.05, 0) is 11.8 Å². The minimum Gasteiger partial charge on any atom is -0.321 e. The van der Waals surface area contributed by atoms with Crippen molar-refractivity contribution < 1.29 is 9.36 Å². The SMILES string of the molecule is CCCCC(CC)CP(=O)([CH]N=C=O)CC(CC)CCCC. The fourth-order valence-corrected chi connectivity index (χ4v) is 6.23. The van der Waals surface area contributed by atoms with E-state index in [9.17, 15) is 9.36 Å². The summed E-state index contributed by atoms with van der Waals surface area (Å²) in [6, 6.07) is 0. The molecule has 0 aromatic rings. The normalized spacial score (nSPS) is 16.5. The molecule has 0 heterocycles. The molecule has 22 heavy (non-hydrogen) atoms. The van der Waals surface area contributed by atoms with Gasteiger partial charge >= 0.3 is 0 Å². The number of hydrogen-bond donors (Lipinski definition) is 0. The lowest BCUT2D eigenvalue weighted by atomic mass is 10.0. The molecule has 0 aliphatic rings. The lowest BCUT2D eigenvalue weighted by Gasteiger charge is -2.25. The molecule has 0 aliphatic carbocycles. The molecule has 0 saturated carbocycles. The number of carbonyl (C=O) groups excluding carboxylic acids is 1. The van der Waals surface area contributed by atoms with E-state index in [1.807, 2.05) is 0 Å². The van der Waals surface area contributed by atoms with Crippen LogP contribution in [0.4, 0.5) is 0 Å². The van der Waals surface area contributed by atoms with Crippen molar-refractivity contribution in [3.63, 3.8) is 0 Å². The van der Waals surface area contributed by atoms with Gasteiger partial charge in [-0.3, -0.25) is 0 Å². The fourth-order valence-electron chi connectivity index (χ4n) is 3.01. The maximum absolute atomic E-state index is 13.3. The van der Waals surface area contributed by atoms with E-state index in [1.54, 1.807) is 0 Å². The van der Waals surface area contributed by atoms with Gasteiger partial charge in [0.15, 0.2) is 0 Å². The Balaban J connectivity index is 4.86. The van der Waals surface area contributed by atoms with Crippen LogP contribution in [0, 0.1) is 18.1 Å². The smallest absolute Gasteiger partial charge is 0.235 e. The number of rotatable bonds is 14. The standard InChI is InChI=1S/C18H35NO2P/c1-5-9-11-17(7-3)13-22(21,16-19-15-20)14-18(8-4)12-10-6-2/h16-18H,5-14H2,1-4H3. The zero-order valence-corrected chi connectivity index (χ0v) is 15.9. The third kappa shape index (κ3) is 9.59. The molecule has 0 aliphatic heterocycles. The molecular weight excluding hydrogens is 293 g/mol. The van der Waals surface area contributed by atoms with Crippen molar-refractivity contribution >= 4 is 13.2 Å². The first-order valence-electron chi connectivity index (χ1n) is 9.04. The van der Waals surface area contributed by atoms with Crippen LogP contribution in [0.2, 0.25) is 0 Å². The first kappa shape index (κ1) is 21.6. The van der Waals surface area contributed by atoms with E-state index in [0.717, 1.165) is 25.7 Å². The Morgan fingerprint density at radius 2 is 1.41 bits per heavy atom. The molecule has 3 nitrogen and oxygen atoms in total. The summed E-state index contributed by atoms with van der Waals surface area (Å²) in [4.78, 5) is 14.0. The van der Waals surface area contributed by atoms with Crippen LogP contribution in [0.15, 0.2) is 4.99 Å². The highest BCUT2D eigenvalue weighted by Crippen LogP contribution is 2.54. The zero-order valence-electron chi connectivity index (χ0n) is 15.0. The summed E-state index contributed by atoms with van der Waals surface area (Å²) in [6.07, 6.45) is 13.5. The largest absolute Gasteiger partial charge is 0.321 e. The summed E-state index contributed by atoms with van der Waals surface area (Å²) in [6.45, 7) is 8.71. The van der Waals surface area contributed by atoms with Crippen LogP contribution in [-0.4, -0.2) is 18.4 Å². The summed E-state index contributed by atoms with van der Waals surface area (Å²) >= 11 is 0. The second kappa shape index (κ2) is 13.1. The van der Waals surface area contributed by atoms with Crippen molar-refractivity contribution in [2.24, 2.45) is 16.8 Å². The maximum Gasteiger partial charge on any atom is 0.235 e. The maximum atomic E-state index is 13.3. The van der Waals surface area contributed by atoms with Gasteiger partial charge in [-0.25, -0.2) is 4.79 Å². The van der Waals surface area contributed by atoms with Gasteiger partial charge in [-0.1, -0.05) is 79.1 Å². The van der Waals surface area contributed by atoms with Crippen molar-refractivity contribution in [1.29, 1.82) is 0 Å². The van der Waals surface area contributed by atoms with E-state index >= 15 is 0 Å². The first-order valence-corrected chi connectivity index (χ1v) is 11.2. The van der Waals surface area contributed by atoms with Crippen LogP contribution in [0.5, 0.6) is 0 Å². The van der Waals surface area contributed by atoms with Crippen LogP contribution < -0.4 is 0 Å². The lowest BCUT2D eigenvalue weighted by Crippen LogP contribution is -2.13. The first-order chi connectivity index (χ1) is 10.5. The van der Waals surface area contributed by atoms with E-state index in [-0.39, 0.29) is 0 Å². The van der Waals surface area contributed by atoms with Gasteiger partial charge in [0, 0.05) is 12.3 Å². The summed E-state index contributed by atoms with van der Waals surface area (Å²) in [7, 11) is -2.52. The Morgan fingerprint density at radius 1 is 0.955 bits per heavy atom. The highest BCUT2D eigenvalue weighted by Gasteiger charge is 2.29.